The number of halogens is 1. The van der Waals surface area contributed by atoms with Crippen molar-refractivity contribution in [3.63, 3.8) is 0 Å². The van der Waals surface area contributed by atoms with Crippen LogP contribution in [-0.4, -0.2) is 43.7 Å². The van der Waals surface area contributed by atoms with Gasteiger partial charge in [0.2, 0.25) is 5.78 Å². The number of carbonyl (C=O) groups is 3. The van der Waals surface area contributed by atoms with Crippen molar-refractivity contribution < 1.29 is 19.1 Å². The lowest BCUT2D eigenvalue weighted by atomic mass is 9.94. The molecule has 0 atom stereocenters. The van der Waals surface area contributed by atoms with Gasteiger partial charge in [0, 0.05) is 16.1 Å². The SMILES string of the molecule is CCOC(=O)c1nn(-c2ccc(C)cc2)c(C)c1C(=O)c1nn(-c2ccc(Cl)cc2)c(-c2ccccc2)c1C(=O)c1ccccc1. The highest BCUT2D eigenvalue weighted by molar-refractivity contribution is 6.30. The topological polar surface area (TPSA) is 96.1 Å². The minimum atomic E-state index is -0.754. The third-order valence-electron chi connectivity index (χ3n) is 7.57. The molecule has 0 bridgehead atoms. The fourth-order valence-electron chi connectivity index (χ4n) is 5.33. The monoisotopic (exact) mass is 628 g/mol. The van der Waals surface area contributed by atoms with Crippen LogP contribution >= 0.6 is 11.6 Å². The van der Waals surface area contributed by atoms with Crippen LogP contribution in [0.2, 0.25) is 5.02 Å². The van der Waals surface area contributed by atoms with E-state index in [0.29, 0.717) is 38.9 Å². The third kappa shape index (κ3) is 5.66. The molecule has 0 saturated heterocycles. The number of aryl methyl sites for hydroxylation is 1. The molecule has 46 heavy (non-hydrogen) atoms. The van der Waals surface area contributed by atoms with E-state index in [0.717, 1.165) is 5.56 Å². The molecule has 0 spiro atoms. The maximum absolute atomic E-state index is 14.8. The van der Waals surface area contributed by atoms with Gasteiger partial charge >= 0.3 is 5.97 Å². The van der Waals surface area contributed by atoms with Crippen molar-refractivity contribution in [2.24, 2.45) is 0 Å². The number of carbonyl (C=O) groups excluding carboxylic acids is 3. The summed E-state index contributed by atoms with van der Waals surface area (Å²) in [6.07, 6.45) is 0. The Morgan fingerprint density at radius 1 is 0.674 bits per heavy atom. The molecule has 0 saturated carbocycles. The molecule has 4 aromatic carbocycles. The average Bonchev–Trinajstić information content (AvgIpc) is 3.65. The van der Waals surface area contributed by atoms with E-state index >= 15 is 0 Å². The molecule has 2 heterocycles. The first-order chi connectivity index (χ1) is 22.3. The van der Waals surface area contributed by atoms with Crippen molar-refractivity contribution in [1.82, 2.24) is 19.6 Å². The Morgan fingerprint density at radius 3 is 1.87 bits per heavy atom. The van der Waals surface area contributed by atoms with Gasteiger partial charge < -0.3 is 4.74 Å². The first-order valence-electron chi connectivity index (χ1n) is 14.7. The van der Waals surface area contributed by atoms with Crippen LogP contribution in [0.4, 0.5) is 0 Å². The number of benzene rings is 4. The molecule has 0 radical (unpaired) electrons. The minimum Gasteiger partial charge on any atom is -0.461 e. The molecule has 0 aliphatic carbocycles. The summed E-state index contributed by atoms with van der Waals surface area (Å²) in [4.78, 5) is 42.5. The van der Waals surface area contributed by atoms with Crippen molar-refractivity contribution in [3.8, 4) is 22.6 Å². The smallest absolute Gasteiger partial charge is 0.359 e. The molecule has 6 rings (SSSR count). The molecule has 228 valence electrons. The van der Waals surface area contributed by atoms with Gasteiger partial charge in [-0.15, -0.1) is 0 Å². The van der Waals surface area contributed by atoms with Gasteiger partial charge in [-0.1, -0.05) is 90.0 Å². The first-order valence-corrected chi connectivity index (χ1v) is 15.1. The lowest BCUT2D eigenvalue weighted by Gasteiger charge is -2.10. The number of aromatic nitrogens is 4. The lowest BCUT2D eigenvalue weighted by Crippen LogP contribution is -2.16. The number of ketones is 2. The molecule has 0 unspecified atom stereocenters. The number of hydrogen-bond acceptors (Lipinski definition) is 6. The zero-order valence-electron chi connectivity index (χ0n) is 25.4. The Balaban J connectivity index is 1.65. The van der Waals surface area contributed by atoms with E-state index in [-0.39, 0.29) is 29.1 Å². The fraction of sp³-hybridized carbons (Fsp3) is 0.108. The minimum absolute atomic E-state index is 0.00139. The van der Waals surface area contributed by atoms with Crippen LogP contribution in [0.25, 0.3) is 22.6 Å². The van der Waals surface area contributed by atoms with E-state index in [1.165, 1.54) is 4.68 Å². The van der Waals surface area contributed by atoms with Gasteiger partial charge in [-0.25, -0.2) is 14.2 Å². The summed E-state index contributed by atoms with van der Waals surface area (Å²) in [6.45, 7) is 5.44. The summed E-state index contributed by atoms with van der Waals surface area (Å²) < 4.78 is 8.43. The van der Waals surface area contributed by atoms with Crippen molar-refractivity contribution in [2.75, 3.05) is 6.61 Å². The van der Waals surface area contributed by atoms with Gasteiger partial charge in [0.25, 0.3) is 0 Å². The molecule has 8 nitrogen and oxygen atoms in total. The Labute approximate surface area is 270 Å². The average molecular weight is 629 g/mol. The van der Waals surface area contributed by atoms with Crippen LogP contribution in [0.5, 0.6) is 0 Å². The highest BCUT2D eigenvalue weighted by Crippen LogP contribution is 2.34. The zero-order chi connectivity index (χ0) is 32.4. The van der Waals surface area contributed by atoms with Crippen LogP contribution in [0, 0.1) is 13.8 Å². The third-order valence-corrected chi connectivity index (χ3v) is 7.82. The van der Waals surface area contributed by atoms with E-state index in [2.05, 4.69) is 5.10 Å². The largest absolute Gasteiger partial charge is 0.461 e. The van der Waals surface area contributed by atoms with Crippen LogP contribution in [-0.2, 0) is 4.74 Å². The molecular formula is C37H29ClN4O4. The molecule has 0 aliphatic rings. The summed E-state index contributed by atoms with van der Waals surface area (Å²) in [7, 11) is 0. The molecule has 9 heteroatoms. The highest BCUT2D eigenvalue weighted by Gasteiger charge is 2.35. The predicted molar refractivity (Wildman–Crippen MR) is 176 cm³/mol. The standard InChI is InChI=1S/C37H29ClN4O4/c1-4-46-37(45)33-30(24(3)41(40-33)28-19-15-23(2)16-20-28)36(44)32-31(35(43)26-13-9-6-10-14-26)34(25-11-7-5-8-12-25)42(39-32)29-21-17-27(38)18-22-29/h5-22H,4H2,1-3H3. The van der Waals surface area contributed by atoms with Gasteiger partial charge in [0.05, 0.1) is 40.5 Å². The number of esters is 1. The van der Waals surface area contributed by atoms with Crippen LogP contribution in [0.3, 0.4) is 0 Å². The van der Waals surface area contributed by atoms with E-state index < -0.39 is 17.5 Å². The second-order valence-corrected chi connectivity index (χ2v) is 11.1. The fourth-order valence-corrected chi connectivity index (χ4v) is 5.46. The summed E-state index contributed by atoms with van der Waals surface area (Å²) in [6, 6.07) is 32.5. The van der Waals surface area contributed by atoms with Gasteiger partial charge in [-0.2, -0.15) is 10.2 Å². The van der Waals surface area contributed by atoms with Crippen LogP contribution in [0.1, 0.15) is 60.6 Å². The van der Waals surface area contributed by atoms with Crippen molar-refractivity contribution in [1.29, 1.82) is 0 Å². The molecule has 0 amide bonds. The van der Waals surface area contributed by atoms with E-state index in [1.807, 2.05) is 67.6 Å². The zero-order valence-corrected chi connectivity index (χ0v) is 26.2. The van der Waals surface area contributed by atoms with E-state index in [4.69, 9.17) is 21.4 Å². The highest BCUT2D eigenvalue weighted by atomic mass is 35.5. The van der Waals surface area contributed by atoms with Crippen molar-refractivity contribution >= 4 is 29.1 Å². The Kier molecular flexibility index (Phi) is 8.46. The molecule has 0 N–H and O–H groups in total. The van der Waals surface area contributed by atoms with E-state index in [9.17, 15) is 14.4 Å². The molecular weight excluding hydrogens is 600 g/mol. The summed E-state index contributed by atoms with van der Waals surface area (Å²) >= 11 is 6.21. The Morgan fingerprint density at radius 2 is 1.24 bits per heavy atom. The molecule has 0 fully saturated rings. The number of rotatable bonds is 9. The van der Waals surface area contributed by atoms with E-state index in [1.54, 1.807) is 67.1 Å². The number of ether oxygens (including phenoxy) is 1. The predicted octanol–water partition coefficient (Wildman–Crippen LogP) is 7.63. The van der Waals surface area contributed by atoms with Crippen LogP contribution in [0.15, 0.2) is 109 Å². The van der Waals surface area contributed by atoms with Crippen LogP contribution < -0.4 is 0 Å². The Bertz CT molecular complexity index is 2060. The van der Waals surface area contributed by atoms with Crippen molar-refractivity contribution in [3.05, 3.63) is 154 Å². The van der Waals surface area contributed by atoms with Crippen molar-refractivity contribution in [2.45, 2.75) is 20.8 Å². The second kappa shape index (κ2) is 12.8. The number of nitrogens with zero attached hydrogens (tertiary/aromatic N) is 4. The lowest BCUT2D eigenvalue weighted by molar-refractivity contribution is 0.0516. The van der Waals surface area contributed by atoms with Gasteiger partial charge in [0.15, 0.2) is 11.5 Å². The maximum atomic E-state index is 14.8. The van der Waals surface area contributed by atoms with Gasteiger partial charge in [-0.05, 0) is 57.2 Å². The quantitative estimate of drug-likeness (QED) is 0.121. The number of hydrogen-bond donors (Lipinski definition) is 0. The molecule has 6 aromatic rings. The van der Waals surface area contributed by atoms with Gasteiger partial charge in [-0.3, -0.25) is 9.59 Å². The first kappa shape index (κ1) is 30.4. The summed E-state index contributed by atoms with van der Waals surface area (Å²) in [5.74, 6) is -1.79. The molecule has 0 aliphatic heterocycles. The molecule has 2 aromatic heterocycles. The second-order valence-electron chi connectivity index (χ2n) is 10.6. The summed E-state index contributed by atoms with van der Waals surface area (Å²) in [5.41, 5.74) is 3.95. The Hall–Kier alpha value is -5.60. The normalized spacial score (nSPS) is 11.0. The maximum Gasteiger partial charge on any atom is 0.359 e. The van der Waals surface area contributed by atoms with Gasteiger partial charge in [0.1, 0.15) is 5.69 Å². The summed E-state index contributed by atoms with van der Waals surface area (Å²) in [5, 5.41) is 9.88.